The monoisotopic (exact) mass is 503 g/mol. The zero-order valence-corrected chi connectivity index (χ0v) is 20.7. The molecule has 1 aliphatic rings. The van der Waals surface area contributed by atoms with Gasteiger partial charge < -0.3 is 14.6 Å². The highest BCUT2D eigenvalue weighted by molar-refractivity contribution is 9.10. The summed E-state index contributed by atoms with van der Waals surface area (Å²) in [7, 11) is 6.29. The van der Waals surface area contributed by atoms with Gasteiger partial charge in [-0.05, 0) is 47.4 Å². The van der Waals surface area contributed by atoms with Crippen LogP contribution in [0.2, 0.25) is 0 Å². The zero-order valence-electron chi connectivity index (χ0n) is 19.1. The molecule has 2 atom stereocenters. The van der Waals surface area contributed by atoms with E-state index in [-0.39, 0.29) is 5.56 Å². The largest absolute Gasteiger partial charge is 0.383 e. The van der Waals surface area contributed by atoms with Crippen LogP contribution in [0, 0.1) is 0 Å². The molecule has 1 heterocycles. The first-order chi connectivity index (χ1) is 15.7. The molecular formula is C28H28BrN2O2+. The number of quaternary nitrogens is 1. The topological polar surface area (TPSA) is 53.1 Å². The maximum absolute atomic E-state index is 13.4. The first-order valence-corrected chi connectivity index (χ1v) is 11.8. The lowest BCUT2D eigenvalue weighted by atomic mass is 9.71. The van der Waals surface area contributed by atoms with Gasteiger partial charge in [-0.1, -0.05) is 63.8 Å². The number of aliphatic hydroxyl groups is 1. The first-order valence-electron chi connectivity index (χ1n) is 11.0. The number of halogens is 1. The lowest BCUT2D eigenvalue weighted by Gasteiger charge is -2.39. The van der Waals surface area contributed by atoms with Crippen LogP contribution in [-0.2, 0) is 0 Å². The number of fused-ring (bicyclic) bond motifs is 1. The van der Waals surface area contributed by atoms with E-state index in [4.69, 9.17) is 0 Å². The third kappa shape index (κ3) is 5.04. The Hall–Kier alpha value is -2.91. The predicted molar refractivity (Wildman–Crippen MR) is 137 cm³/mol. The van der Waals surface area contributed by atoms with Gasteiger partial charge in [-0.3, -0.25) is 4.79 Å². The summed E-state index contributed by atoms with van der Waals surface area (Å²) < 4.78 is 1.61. The molecule has 0 fully saturated rings. The number of benzene rings is 2. The SMILES string of the molecule is C[N+](C)(C)CCC(O)(C1=C=C=CC=C1)C(c1ccccc1)c1cc2cc(Br)ccc2[nH]c1=O. The Morgan fingerprint density at radius 3 is 2.55 bits per heavy atom. The van der Waals surface area contributed by atoms with Crippen LogP contribution in [0.4, 0.5) is 0 Å². The summed E-state index contributed by atoms with van der Waals surface area (Å²) >= 11 is 3.53. The number of hydrogen-bond acceptors (Lipinski definition) is 2. The maximum atomic E-state index is 13.4. The van der Waals surface area contributed by atoms with Gasteiger partial charge in [0.15, 0.2) is 0 Å². The van der Waals surface area contributed by atoms with Gasteiger partial charge in [0, 0.05) is 33.5 Å². The second kappa shape index (κ2) is 9.15. The number of allylic oxidation sites excluding steroid dienone is 2. The number of pyridine rings is 1. The van der Waals surface area contributed by atoms with Crippen molar-refractivity contribution in [1.29, 1.82) is 0 Å². The van der Waals surface area contributed by atoms with Crippen LogP contribution >= 0.6 is 15.9 Å². The number of aromatic nitrogens is 1. The van der Waals surface area contributed by atoms with Crippen molar-refractivity contribution in [2.45, 2.75) is 17.9 Å². The van der Waals surface area contributed by atoms with Crippen LogP contribution in [0.5, 0.6) is 0 Å². The summed E-state index contributed by atoms with van der Waals surface area (Å²) in [5.41, 5.74) is 7.33. The van der Waals surface area contributed by atoms with Crippen LogP contribution < -0.4 is 5.56 Å². The van der Waals surface area contributed by atoms with Crippen LogP contribution in [0.25, 0.3) is 10.9 Å². The van der Waals surface area contributed by atoms with Crippen molar-refractivity contribution in [3.63, 3.8) is 0 Å². The van der Waals surface area contributed by atoms with Crippen molar-refractivity contribution in [3.05, 3.63) is 116 Å². The van der Waals surface area contributed by atoms with E-state index in [1.165, 1.54) is 0 Å². The summed E-state index contributed by atoms with van der Waals surface area (Å²) in [6.45, 7) is 0.708. The number of nitrogens with one attached hydrogen (secondary N) is 1. The molecule has 0 aliphatic heterocycles. The summed E-state index contributed by atoms with van der Waals surface area (Å²) in [6.07, 6.45) is 5.93. The number of hydrogen-bond donors (Lipinski definition) is 2. The normalized spacial score (nSPS) is 16.0. The molecule has 0 bridgehead atoms. The second-order valence-corrected chi connectivity index (χ2v) is 10.4. The van der Waals surface area contributed by atoms with Crippen LogP contribution in [-0.4, -0.2) is 47.9 Å². The van der Waals surface area contributed by atoms with Crippen molar-refractivity contribution in [1.82, 2.24) is 4.98 Å². The van der Waals surface area contributed by atoms with E-state index < -0.39 is 11.5 Å². The van der Waals surface area contributed by atoms with Crippen LogP contribution in [0.1, 0.15) is 23.5 Å². The fourth-order valence-corrected chi connectivity index (χ4v) is 4.69. The van der Waals surface area contributed by atoms with Crippen molar-refractivity contribution in [3.8, 4) is 0 Å². The lowest BCUT2D eigenvalue weighted by Crippen LogP contribution is -2.46. The summed E-state index contributed by atoms with van der Waals surface area (Å²) in [5.74, 6) is -0.593. The molecule has 2 N–H and O–H groups in total. The third-order valence-corrected chi connectivity index (χ3v) is 6.53. The predicted octanol–water partition coefficient (Wildman–Crippen LogP) is 5.06. The standard InChI is InChI=1S/C28H27BrN2O2/c1-31(2,3)17-16-28(33,22-12-8-5-9-13-22)26(20-10-6-4-7-11-20)24-19-21-18-23(29)14-15-25(21)30-27(24)32/h4-8,10-12,14-15,18-19,26,33H,16-17H2,1-3H3/p+1. The van der Waals surface area contributed by atoms with Gasteiger partial charge >= 0.3 is 0 Å². The highest BCUT2D eigenvalue weighted by Crippen LogP contribution is 2.42. The molecule has 5 heteroatoms. The van der Waals surface area contributed by atoms with E-state index >= 15 is 0 Å². The molecule has 2 unspecified atom stereocenters. The summed E-state index contributed by atoms with van der Waals surface area (Å²) in [5, 5.41) is 13.3. The molecule has 0 saturated carbocycles. The van der Waals surface area contributed by atoms with Gasteiger partial charge in [0.2, 0.25) is 0 Å². The van der Waals surface area contributed by atoms with E-state index in [1.807, 2.05) is 66.7 Å². The Bertz CT molecular complexity index is 1370. The van der Waals surface area contributed by atoms with E-state index in [9.17, 15) is 9.90 Å². The second-order valence-electron chi connectivity index (χ2n) is 9.53. The molecule has 1 aliphatic carbocycles. The number of nitrogens with zero attached hydrogens (tertiary/aromatic N) is 1. The Kier molecular flexibility index (Phi) is 6.45. The minimum Gasteiger partial charge on any atom is -0.383 e. The van der Waals surface area contributed by atoms with Gasteiger partial charge in [0.05, 0.1) is 27.7 Å². The number of aromatic amines is 1. The van der Waals surface area contributed by atoms with E-state index in [0.717, 1.165) is 20.9 Å². The van der Waals surface area contributed by atoms with E-state index in [1.54, 1.807) is 6.08 Å². The third-order valence-electron chi connectivity index (χ3n) is 6.04. The fraction of sp³-hybridized carbons (Fsp3) is 0.250. The Labute approximate surface area is 202 Å². The highest BCUT2D eigenvalue weighted by atomic mass is 79.9. The minimum absolute atomic E-state index is 0.206. The highest BCUT2D eigenvalue weighted by Gasteiger charge is 2.44. The number of rotatable bonds is 7. The average Bonchev–Trinajstić information content (AvgIpc) is 2.79. The molecule has 0 amide bonds. The minimum atomic E-state index is -1.36. The van der Waals surface area contributed by atoms with Crippen molar-refractivity contribution in [2.24, 2.45) is 0 Å². The summed E-state index contributed by atoms with van der Waals surface area (Å²) in [4.78, 5) is 16.4. The molecule has 0 radical (unpaired) electrons. The molecule has 4 rings (SSSR count). The molecular weight excluding hydrogens is 476 g/mol. The fourth-order valence-electron chi connectivity index (χ4n) is 4.31. The van der Waals surface area contributed by atoms with Crippen LogP contribution in [0.15, 0.2) is 99.1 Å². The molecule has 3 aromatic rings. The average molecular weight is 504 g/mol. The molecule has 2 aromatic carbocycles. The molecule has 0 spiro atoms. The molecule has 168 valence electrons. The smallest absolute Gasteiger partial charge is 0.252 e. The van der Waals surface area contributed by atoms with Crippen molar-refractivity contribution < 1.29 is 9.59 Å². The molecule has 4 nitrogen and oxygen atoms in total. The maximum Gasteiger partial charge on any atom is 0.252 e. The van der Waals surface area contributed by atoms with E-state index in [2.05, 4.69) is 53.5 Å². The lowest BCUT2D eigenvalue weighted by molar-refractivity contribution is -0.871. The number of H-pyrrole nitrogens is 1. The molecule has 0 saturated heterocycles. The van der Waals surface area contributed by atoms with Gasteiger partial charge in [-0.2, -0.15) is 0 Å². The zero-order chi connectivity index (χ0) is 23.6. The first kappa shape index (κ1) is 23.3. The van der Waals surface area contributed by atoms with Gasteiger partial charge in [-0.25, -0.2) is 0 Å². The van der Waals surface area contributed by atoms with Gasteiger partial charge in [-0.15, -0.1) is 0 Å². The van der Waals surface area contributed by atoms with Crippen molar-refractivity contribution >= 4 is 26.8 Å². The van der Waals surface area contributed by atoms with Crippen molar-refractivity contribution in [2.75, 3.05) is 27.7 Å². The molecule has 1 aromatic heterocycles. The van der Waals surface area contributed by atoms with Crippen LogP contribution in [0.3, 0.4) is 0 Å². The Morgan fingerprint density at radius 2 is 1.88 bits per heavy atom. The van der Waals surface area contributed by atoms with Gasteiger partial charge in [0.25, 0.3) is 5.56 Å². The Balaban J connectivity index is 2.00. The quantitative estimate of drug-likeness (QED) is 0.349. The van der Waals surface area contributed by atoms with E-state index in [0.29, 0.717) is 28.6 Å². The Morgan fingerprint density at radius 1 is 1.12 bits per heavy atom. The summed E-state index contributed by atoms with van der Waals surface area (Å²) in [6, 6.07) is 17.4. The van der Waals surface area contributed by atoms with Gasteiger partial charge in [0.1, 0.15) is 5.60 Å². The molecule has 33 heavy (non-hydrogen) atoms.